The largest absolute Gasteiger partial charge is 0.493 e. The number of nitrogens with one attached hydrogen (secondary N) is 1. The Balaban J connectivity index is 2.07. The Kier molecular flexibility index (Phi) is 6.99. The lowest BCUT2D eigenvalue weighted by atomic mass is 10.2. The molecule has 0 aromatic heterocycles. The number of ether oxygens (including phenoxy) is 2. The molecule has 2 rings (SSSR count). The number of rotatable bonds is 6. The normalized spacial score (nSPS) is 10.6. The average Bonchev–Trinajstić information content (AvgIpc) is 2.59. The molecule has 2 aromatic carbocycles. The number of hydrogen-bond acceptors (Lipinski definition) is 3. The first-order chi connectivity index (χ1) is 12.3. The SMILES string of the molecule is COc1cc(CN(C)C(=S)Nc2cccc(Cl)c2C)ccc1OC(F)F. The summed E-state index contributed by atoms with van der Waals surface area (Å²) in [5.74, 6) is 0.227. The number of hydrogen-bond donors (Lipinski definition) is 1. The number of halogens is 3. The van der Waals surface area contributed by atoms with Gasteiger partial charge in [-0.1, -0.05) is 23.7 Å². The van der Waals surface area contributed by atoms with Gasteiger partial charge in [-0.3, -0.25) is 0 Å². The van der Waals surface area contributed by atoms with Gasteiger partial charge in [0.2, 0.25) is 0 Å². The van der Waals surface area contributed by atoms with Crippen molar-refractivity contribution < 1.29 is 18.3 Å². The summed E-state index contributed by atoms with van der Waals surface area (Å²) in [6, 6.07) is 10.3. The van der Waals surface area contributed by atoms with E-state index in [1.165, 1.54) is 13.2 Å². The van der Waals surface area contributed by atoms with Crippen LogP contribution in [0.4, 0.5) is 14.5 Å². The molecule has 0 aliphatic rings. The number of nitrogens with zero attached hydrogens (tertiary/aromatic N) is 1. The van der Waals surface area contributed by atoms with Gasteiger partial charge in [0.05, 0.1) is 7.11 Å². The van der Waals surface area contributed by atoms with Gasteiger partial charge < -0.3 is 19.7 Å². The second-order valence-corrected chi connectivity index (χ2v) is 6.36. The zero-order chi connectivity index (χ0) is 19.3. The molecule has 0 saturated carbocycles. The van der Waals surface area contributed by atoms with Gasteiger partial charge in [0.1, 0.15) is 0 Å². The zero-order valence-electron chi connectivity index (χ0n) is 14.6. The van der Waals surface area contributed by atoms with Crippen molar-refractivity contribution >= 4 is 34.6 Å². The van der Waals surface area contributed by atoms with Crippen molar-refractivity contribution in [2.45, 2.75) is 20.1 Å². The van der Waals surface area contributed by atoms with Crippen LogP contribution in [0.25, 0.3) is 0 Å². The Morgan fingerprint density at radius 3 is 2.65 bits per heavy atom. The van der Waals surface area contributed by atoms with Gasteiger partial charge in [0, 0.05) is 24.3 Å². The van der Waals surface area contributed by atoms with Crippen molar-refractivity contribution in [3.63, 3.8) is 0 Å². The highest BCUT2D eigenvalue weighted by Gasteiger charge is 2.13. The van der Waals surface area contributed by atoms with E-state index in [1.54, 1.807) is 12.1 Å². The maximum atomic E-state index is 12.4. The summed E-state index contributed by atoms with van der Waals surface area (Å²) in [5, 5.41) is 4.31. The topological polar surface area (TPSA) is 33.7 Å². The first kappa shape index (κ1) is 20.2. The van der Waals surface area contributed by atoms with E-state index in [-0.39, 0.29) is 11.5 Å². The van der Waals surface area contributed by atoms with Gasteiger partial charge in [-0.05, 0) is 54.5 Å². The molecule has 0 radical (unpaired) electrons. The van der Waals surface area contributed by atoms with Crippen LogP contribution in [0.3, 0.4) is 0 Å². The third-order valence-corrected chi connectivity index (χ3v) is 4.54. The molecule has 0 unspecified atom stereocenters. The van der Waals surface area contributed by atoms with E-state index in [4.69, 9.17) is 28.6 Å². The van der Waals surface area contributed by atoms with E-state index in [0.29, 0.717) is 16.7 Å². The van der Waals surface area contributed by atoms with Crippen LogP contribution < -0.4 is 14.8 Å². The first-order valence-electron chi connectivity index (χ1n) is 7.70. The molecule has 0 amide bonds. The van der Waals surface area contributed by atoms with E-state index in [9.17, 15) is 8.78 Å². The summed E-state index contributed by atoms with van der Waals surface area (Å²) < 4.78 is 34.3. The van der Waals surface area contributed by atoms with Crippen molar-refractivity contribution in [2.24, 2.45) is 0 Å². The fraction of sp³-hybridized carbons (Fsp3) is 0.278. The molecule has 0 spiro atoms. The van der Waals surface area contributed by atoms with E-state index in [1.807, 2.05) is 37.1 Å². The summed E-state index contributed by atoms with van der Waals surface area (Å²) in [6.07, 6.45) is 0. The van der Waals surface area contributed by atoms with Crippen LogP contribution in [-0.4, -0.2) is 30.8 Å². The fourth-order valence-electron chi connectivity index (χ4n) is 2.30. The lowest BCUT2D eigenvalue weighted by Crippen LogP contribution is -2.30. The Bertz CT molecular complexity index is 790. The van der Waals surface area contributed by atoms with Crippen molar-refractivity contribution in [3.8, 4) is 11.5 Å². The third kappa shape index (κ3) is 5.19. The Hall–Kier alpha value is -2.12. The Morgan fingerprint density at radius 2 is 2.00 bits per heavy atom. The van der Waals surface area contributed by atoms with Gasteiger partial charge >= 0.3 is 6.61 Å². The van der Waals surface area contributed by atoms with Gasteiger partial charge in [-0.25, -0.2) is 0 Å². The van der Waals surface area contributed by atoms with Gasteiger partial charge in [-0.15, -0.1) is 0 Å². The lowest BCUT2D eigenvalue weighted by molar-refractivity contribution is -0.0512. The molecule has 0 atom stereocenters. The van der Waals surface area contributed by atoms with E-state index < -0.39 is 6.61 Å². The molecule has 0 saturated heterocycles. The highest BCUT2D eigenvalue weighted by atomic mass is 35.5. The number of anilines is 1. The third-order valence-electron chi connectivity index (χ3n) is 3.72. The monoisotopic (exact) mass is 400 g/mol. The second-order valence-electron chi connectivity index (χ2n) is 5.56. The molecule has 2 aromatic rings. The first-order valence-corrected chi connectivity index (χ1v) is 8.49. The maximum absolute atomic E-state index is 12.4. The Morgan fingerprint density at radius 1 is 1.27 bits per heavy atom. The van der Waals surface area contributed by atoms with Crippen LogP contribution in [0, 0.1) is 6.92 Å². The van der Waals surface area contributed by atoms with Gasteiger partial charge in [-0.2, -0.15) is 8.78 Å². The summed E-state index contributed by atoms with van der Waals surface area (Å²) in [5.41, 5.74) is 2.56. The quantitative estimate of drug-likeness (QED) is 0.683. The predicted molar refractivity (Wildman–Crippen MR) is 104 cm³/mol. The van der Waals surface area contributed by atoms with Crippen molar-refractivity contribution in [2.75, 3.05) is 19.5 Å². The molecule has 0 fully saturated rings. The van der Waals surface area contributed by atoms with E-state index >= 15 is 0 Å². The summed E-state index contributed by atoms with van der Waals surface area (Å²) in [4.78, 5) is 1.82. The summed E-state index contributed by atoms with van der Waals surface area (Å²) >= 11 is 11.5. The molecular formula is C18H19ClF2N2O2S. The Labute approximate surface area is 161 Å². The van der Waals surface area contributed by atoms with Crippen LogP contribution in [0.5, 0.6) is 11.5 Å². The van der Waals surface area contributed by atoms with E-state index in [0.717, 1.165) is 16.8 Å². The molecular weight excluding hydrogens is 382 g/mol. The molecule has 0 aliphatic carbocycles. The van der Waals surface area contributed by atoms with Crippen molar-refractivity contribution in [3.05, 3.63) is 52.5 Å². The van der Waals surface area contributed by atoms with Gasteiger partial charge in [0.25, 0.3) is 0 Å². The molecule has 0 bridgehead atoms. The minimum Gasteiger partial charge on any atom is -0.493 e. The lowest BCUT2D eigenvalue weighted by Gasteiger charge is -2.22. The molecule has 140 valence electrons. The summed E-state index contributed by atoms with van der Waals surface area (Å²) in [6.45, 7) is -0.549. The molecule has 26 heavy (non-hydrogen) atoms. The minimum absolute atomic E-state index is 0.0100. The minimum atomic E-state index is -2.91. The fourth-order valence-corrected chi connectivity index (χ4v) is 2.65. The second kappa shape index (κ2) is 9.00. The number of benzene rings is 2. The number of methoxy groups -OCH3 is 1. The molecule has 8 heteroatoms. The zero-order valence-corrected chi connectivity index (χ0v) is 16.1. The highest BCUT2D eigenvalue weighted by Crippen LogP contribution is 2.30. The molecule has 0 heterocycles. The molecule has 0 aliphatic heterocycles. The van der Waals surface area contributed by atoms with E-state index in [2.05, 4.69) is 10.1 Å². The average molecular weight is 401 g/mol. The number of thiocarbonyl (C=S) groups is 1. The number of alkyl halides is 2. The summed E-state index contributed by atoms with van der Waals surface area (Å²) in [7, 11) is 3.22. The van der Waals surface area contributed by atoms with Crippen LogP contribution in [0.15, 0.2) is 36.4 Å². The molecule has 1 N–H and O–H groups in total. The van der Waals surface area contributed by atoms with Crippen molar-refractivity contribution in [1.82, 2.24) is 4.90 Å². The van der Waals surface area contributed by atoms with Crippen LogP contribution in [0.1, 0.15) is 11.1 Å². The van der Waals surface area contributed by atoms with Crippen LogP contribution >= 0.6 is 23.8 Å². The van der Waals surface area contributed by atoms with Crippen molar-refractivity contribution in [1.29, 1.82) is 0 Å². The van der Waals surface area contributed by atoms with Crippen LogP contribution in [-0.2, 0) is 6.54 Å². The predicted octanol–water partition coefficient (Wildman–Crippen LogP) is 5.09. The highest BCUT2D eigenvalue weighted by molar-refractivity contribution is 7.80. The molecule has 4 nitrogen and oxygen atoms in total. The smallest absolute Gasteiger partial charge is 0.387 e. The standard InChI is InChI=1S/C18H19ClF2N2O2S/c1-11-13(19)5-4-6-14(11)22-18(26)23(2)10-12-7-8-15(25-17(20)21)16(9-12)24-3/h4-9,17H,10H2,1-3H3,(H,22,26). The maximum Gasteiger partial charge on any atom is 0.387 e. The van der Waals surface area contributed by atoms with Crippen LogP contribution in [0.2, 0.25) is 5.02 Å². The van der Waals surface area contributed by atoms with Gasteiger partial charge in [0.15, 0.2) is 16.6 Å².